The maximum atomic E-state index is 15.5. The van der Waals surface area contributed by atoms with E-state index in [0.29, 0.717) is 0 Å². The molecule has 0 radical (unpaired) electrons. The molecule has 0 aliphatic carbocycles. The predicted molar refractivity (Wildman–Crippen MR) is 117 cm³/mol. The zero-order valence-corrected chi connectivity index (χ0v) is 20.3. The number of esters is 1. The summed E-state index contributed by atoms with van der Waals surface area (Å²) in [5.41, 5.74) is -1.45. The van der Waals surface area contributed by atoms with Gasteiger partial charge in [0.2, 0.25) is 0 Å². The molecular formula is C20H30FN2O10P. The number of hydrogen-bond donors (Lipinski definition) is 2. The molecule has 34 heavy (non-hydrogen) atoms. The van der Waals surface area contributed by atoms with Gasteiger partial charge in [-0.3, -0.25) is 28.5 Å². The van der Waals surface area contributed by atoms with Gasteiger partial charge in [0.25, 0.3) is 5.56 Å². The topological polar surface area (TPSA) is 163 Å². The van der Waals surface area contributed by atoms with Crippen molar-refractivity contribution in [3.05, 3.63) is 32.6 Å². The first kappa shape index (κ1) is 27.9. The Morgan fingerprint density at radius 3 is 2.44 bits per heavy atom. The Morgan fingerprint density at radius 1 is 1.26 bits per heavy atom. The predicted octanol–water partition coefficient (Wildman–Crippen LogP) is 1.76. The fourth-order valence-electron chi connectivity index (χ4n) is 3.65. The Balaban J connectivity index is 2.37. The second-order valence-electron chi connectivity index (χ2n) is 7.87. The zero-order valence-electron chi connectivity index (χ0n) is 19.4. The van der Waals surface area contributed by atoms with Crippen molar-refractivity contribution in [3.63, 3.8) is 0 Å². The van der Waals surface area contributed by atoms with Crippen molar-refractivity contribution in [2.75, 3.05) is 19.4 Å². The molecule has 0 aromatic carbocycles. The molecule has 1 aromatic heterocycles. The van der Waals surface area contributed by atoms with Crippen LogP contribution in [0.25, 0.3) is 0 Å². The molecule has 14 heteroatoms. The van der Waals surface area contributed by atoms with Gasteiger partial charge in [0.1, 0.15) is 6.10 Å². The first-order chi connectivity index (χ1) is 15.9. The molecule has 0 spiro atoms. The van der Waals surface area contributed by atoms with E-state index in [1.54, 1.807) is 20.8 Å². The highest BCUT2D eigenvalue weighted by atomic mass is 31.2. The molecule has 1 aromatic rings. The maximum absolute atomic E-state index is 15.5. The van der Waals surface area contributed by atoms with Gasteiger partial charge < -0.3 is 23.6 Å². The minimum atomic E-state index is -3.59. The van der Waals surface area contributed by atoms with Gasteiger partial charge in [0.05, 0.1) is 32.2 Å². The van der Waals surface area contributed by atoms with Crippen LogP contribution >= 0.6 is 7.60 Å². The number of aliphatic carboxylic acids is 1. The lowest BCUT2D eigenvalue weighted by molar-refractivity contribution is -0.157. The summed E-state index contributed by atoms with van der Waals surface area (Å²) < 4.78 is 51.0. The number of aromatic nitrogens is 2. The van der Waals surface area contributed by atoms with Gasteiger partial charge in [-0.25, -0.2) is 9.18 Å². The van der Waals surface area contributed by atoms with Crippen LogP contribution in [0.4, 0.5) is 4.39 Å². The SMILES string of the molecule is CCOP(=O)(C[C@@H](C)[C@H]1O[C@@H](n2cc(C)c(=O)[nH]c2=O)[C@H](F)[C@@H]1OC(=O)CCC(=O)O)OCC. The van der Waals surface area contributed by atoms with Crippen molar-refractivity contribution >= 4 is 19.5 Å². The minimum Gasteiger partial charge on any atom is -0.481 e. The number of nitrogens with one attached hydrogen (secondary N) is 1. The smallest absolute Gasteiger partial charge is 0.331 e. The Labute approximate surface area is 194 Å². The number of alkyl halides is 1. The van der Waals surface area contributed by atoms with Crippen LogP contribution in [0.15, 0.2) is 15.8 Å². The standard InChI is InChI=1S/C20H30FN2O10P/c1-5-30-34(29,31-6-2)10-12(4)16-17(32-14(26)8-7-13(24)25)15(21)19(33-16)23-9-11(3)18(27)22-20(23)28/h9,12,15-17,19H,5-8,10H2,1-4H3,(H,24,25)(H,22,27,28)/t12-,15-,16-,17+,19-/m1/s1. The summed E-state index contributed by atoms with van der Waals surface area (Å²) >= 11 is 0. The highest BCUT2D eigenvalue weighted by Crippen LogP contribution is 2.51. The fourth-order valence-corrected chi connectivity index (χ4v) is 5.64. The van der Waals surface area contributed by atoms with E-state index in [2.05, 4.69) is 4.98 Å². The average molecular weight is 508 g/mol. The largest absolute Gasteiger partial charge is 0.481 e. The highest BCUT2D eigenvalue weighted by Gasteiger charge is 2.52. The summed E-state index contributed by atoms with van der Waals surface area (Å²) in [6.45, 7) is 6.46. The number of carbonyl (C=O) groups excluding carboxylic acids is 1. The molecule has 1 aliphatic heterocycles. The Morgan fingerprint density at radius 2 is 1.88 bits per heavy atom. The normalized spacial score (nSPS) is 23.6. The molecule has 2 heterocycles. The van der Waals surface area contributed by atoms with Crippen molar-refractivity contribution in [1.29, 1.82) is 0 Å². The molecule has 0 saturated carbocycles. The summed E-state index contributed by atoms with van der Waals surface area (Å²) in [5.74, 6) is -2.94. The maximum Gasteiger partial charge on any atom is 0.331 e. The third-order valence-electron chi connectivity index (χ3n) is 5.16. The number of halogens is 1. The quantitative estimate of drug-likeness (QED) is 0.314. The van der Waals surface area contributed by atoms with Crippen LogP contribution in [0.5, 0.6) is 0 Å². The molecule has 12 nitrogen and oxygen atoms in total. The number of carboxylic acid groups (broad SMARTS) is 1. The first-order valence-electron chi connectivity index (χ1n) is 10.8. The Bertz CT molecular complexity index is 1030. The third kappa shape index (κ3) is 6.84. The van der Waals surface area contributed by atoms with Crippen LogP contribution in [0.2, 0.25) is 0 Å². The van der Waals surface area contributed by atoms with Gasteiger partial charge in [-0.1, -0.05) is 6.92 Å². The second-order valence-corrected chi connectivity index (χ2v) is 9.97. The van der Waals surface area contributed by atoms with Crippen molar-refractivity contribution in [2.24, 2.45) is 5.92 Å². The van der Waals surface area contributed by atoms with E-state index >= 15 is 4.39 Å². The summed E-state index contributed by atoms with van der Waals surface area (Å²) in [6.07, 6.45) is -6.43. The number of nitrogens with zero attached hydrogens (tertiary/aromatic N) is 1. The van der Waals surface area contributed by atoms with Crippen LogP contribution < -0.4 is 11.2 Å². The van der Waals surface area contributed by atoms with E-state index in [0.717, 1.165) is 10.8 Å². The molecule has 0 amide bonds. The van der Waals surface area contributed by atoms with Gasteiger partial charge in [-0.15, -0.1) is 0 Å². The zero-order chi connectivity index (χ0) is 25.6. The van der Waals surface area contributed by atoms with Crippen molar-refractivity contribution in [1.82, 2.24) is 9.55 Å². The lowest BCUT2D eigenvalue weighted by Gasteiger charge is -2.27. The highest BCUT2D eigenvalue weighted by molar-refractivity contribution is 7.53. The van der Waals surface area contributed by atoms with E-state index in [1.807, 2.05) is 0 Å². The van der Waals surface area contributed by atoms with Crippen molar-refractivity contribution in [3.8, 4) is 0 Å². The van der Waals surface area contributed by atoms with Crippen LogP contribution in [0.1, 0.15) is 45.4 Å². The number of carbonyl (C=O) groups is 2. The molecule has 1 fully saturated rings. The summed E-state index contributed by atoms with van der Waals surface area (Å²) in [4.78, 5) is 49.0. The monoisotopic (exact) mass is 508 g/mol. The fraction of sp³-hybridized carbons (Fsp3) is 0.700. The van der Waals surface area contributed by atoms with Crippen LogP contribution in [-0.4, -0.2) is 64.4 Å². The van der Waals surface area contributed by atoms with E-state index in [4.69, 9.17) is 23.6 Å². The lowest BCUT2D eigenvalue weighted by Crippen LogP contribution is -2.39. The molecule has 5 atom stereocenters. The van der Waals surface area contributed by atoms with Crippen molar-refractivity contribution in [2.45, 2.75) is 65.1 Å². The summed E-state index contributed by atoms with van der Waals surface area (Å²) in [7, 11) is -3.59. The number of aryl methyl sites for hydroxylation is 1. The molecule has 2 N–H and O–H groups in total. The molecule has 1 saturated heterocycles. The molecule has 0 unspecified atom stereocenters. The van der Waals surface area contributed by atoms with E-state index < -0.39 is 74.2 Å². The first-order valence-corrected chi connectivity index (χ1v) is 12.6. The molecule has 2 rings (SSSR count). The van der Waals surface area contributed by atoms with Gasteiger partial charge in [-0.2, -0.15) is 0 Å². The molecular weight excluding hydrogens is 478 g/mol. The average Bonchev–Trinajstić information content (AvgIpc) is 3.05. The van der Waals surface area contributed by atoms with Crippen LogP contribution in [0, 0.1) is 12.8 Å². The molecule has 192 valence electrons. The Kier molecular flexibility index (Phi) is 9.74. The van der Waals surface area contributed by atoms with Crippen LogP contribution in [-0.2, 0) is 32.7 Å². The van der Waals surface area contributed by atoms with E-state index in [1.165, 1.54) is 6.92 Å². The van der Waals surface area contributed by atoms with E-state index in [-0.39, 0.29) is 24.9 Å². The van der Waals surface area contributed by atoms with Crippen LogP contribution in [0.3, 0.4) is 0 Å². The number of aromatic amines is 1. The Hall–Kier alpha value is -2.34. The van der Waals surface area contributed by atoms with Gasteiger partial charge in [-0.05, 0) is 26.7 Å². The summed E-state index contributed by atoms with van der Waals surface area (Å²) in [5, 5.41) is 8.78. The number of hydrogen-bond acceptors (Lipinski definition) is 9. The van der Waals surface area contributed by atoms with E-state index in [9.17, 15) is 23.7 Å². The number of H-pyrrole nitrogens is 1. The number of ether oxygens (including phenoxy) is 2. The van der Waals surface area contributed by atoms with Gasteiger partial charge in [0.15, 0.2) is 18.5 Å². The second kappa shape index (κ2) is 11.9. The summed E-state index contributed by atoms with van der Waals surface area (Å²) in [6, 6.07) is 0. The minimum absolute atomic E-state index is 0.101. The number of carboxylic acids is 1. The molecule has 1 aliphatic rings. The number of rotatable bonds is 12. The van der Waals surface area contributed by atoms with Gasteiger partial charge in [0, 0.05) is 11.8 Å². The van der Waals surface area contributed by atoms with Gasteiger partial charge >= 0.3 is 25.2 Å². The molecule has 0 bridgehead atoms. The third-order valence-corrected chi connectivity index (χ3v) is 7.49. The lowest BCUT2D eigenvalue weighted by atomic mass is 10.0. The van der Waals surface area contributed by atoms with Crippen molar-refractivity contribution < 1.29 is 42.2 Å².